The predicted octanol–water partition coefficient (Wildman–Crippen LogP) is 3.58. The zero-order chi connectivity index (χ0) is 19.4. The molecule has 138 valence electrons. The number of aromatic hydroxyl groups is 1. The fourth-order valence-electron chi connectivity index (χ4n) is 3.24. The van der Waals surface area contributed by atoms with E-state index >= 15 is 0 Å². The zero-order valence-corrected chi connectivity index (χ0v) is 15.9. The van der Waals surface area contributed by atoms with Gasteiger partial charge in [-0.2, -0.15) is 5.26 Å². The molecule has 0 amide bonds. The summed E-state index contributed by atoms with van der Waals surface area (Å²) in [5.74, 6) is -1.44. The molecule has 0 saturated heterocycles. The van der Waals surface area contributed by atoms with Crippen molar-refractivity contribution in [3.63, 3.8) is 0 Å². The highest BCUT2D eigenvalue weighted by Gasteiger charge is 2.11. The van der Waals surface area contributed by atoms with Crippen LogP contribution in [0.15, 0.2) is 42.5 Å². The number of rotatable bonds is 7. The maximum atomic E-state index is 11.2. The van der Waals surface area contributed by atoms with E-state index in [1.165, 1.54) is 4.88 Å². The highest BCUT2D eigenvalue weighted by Crippen LogP contribution is 2.28. The molecule has 0 radical (unpaired) electrons. The predicted molar refractivity (Wildman–Crippen MR) is 105 cm³/mol. The molecule has 0 aliphatic heterocycles. The van der Waals surface area contributed by atoms with Gasteiger partial charge in [0.2, 0.25) is 0 Å². The molecule has 1 N–H and O–H groups in total. The van der Waals surface area contributed by atoms with Crippen LogP contribution in [-0.4, -0.2) is 11.1 Å². The average Bonchev–Trinajstić information content (AvgIpc) is 3.05. The van der Waals surface area contributed by atoms with E-state index < -0.39 is 11.9 Å². The number of phenols is 1. The Bertz CT molecular complexity index is 1020. The Morgan fingerprint density at radius 1 is 1.19 bits per heavy atom. The molecule has 0 aliphatic rings. The number of aliphatic carboxylic acids is 1. The van der Waals surface area contributed by atoms with Crippen molar-refractivity contribution in [1.82, 2.24) is 0 Å². The summed E-state index contributed by atoms with van der Waals surface area (Å²) in [7, 11) is 0. The summed E-state index contributed by atoms with van der Waals surface area (Å²) in [6.07, 6.45) is 2.43. The number of carboxylic acid groups (broad SMARTS) is 1. The van der Waals surface area contributed by atoms with E-state index in [4.69, 9.17) is 5.26 Å². The van der Waals surface area contributed by atoms with Gasteiger partial charge in [0.05, 0.1) is 11.6 Å². The molecule has 1 aromatic heterocycles. The van der Waals surface area contributed by atoms with Crippen LogP contribution in [0.5, 0.6) is 5.75 Å². The van der Waals surface area contributed by atoms with Crippen LogP contribution in [0.3, 0.4) is 0 Å². The highest BCUT2D eigenvalue weighted by atomic mass is 32.1. The summed E-state index contributed by atoms with van der Waals surface area (Å²) in [6.45, 7) is 1.82. The third-order valence-corrected chi connectivity index (χ3v) is 5.88. The summed E-state index contributed by atoms with van der Waals surface area (Å²) in [4.78, 5) is 12.4. The molecular weight excluding hydrogens is 358 g/mol. The zero-order valence-electron chi connectivity index (χ0n) is 15.1. The van der Waals surface area contributed by atoms with E-state index in [0.717, 1.165) is 34.1 Å². The minimum atomic E-state index is -1.05. The summed E-state index contributed by atoms with van der Waals surface area (Å²) in [5, 5.41) is 31.2. The first-order chi connectivity index (χ1) is 13.0. The van der Waals surface area contributed by atoms with Crippen molar-refractivity contribution >= 4 is 27.4 Å². The number of phenolic OH excluding ortho intramolecular Hbond substituents is 1. The first kappa shape index (κ1) is 18.9. The Labute approximate surface area is 162 Å². The maximum absolute atomic E-state index is 11.2. The van der Waals surface area contributed by atoms with Crippen LogP contribution >= 0.6 is 11.3 Å². The van der Waals surface area contributed by atoms with Crippen LogP contribution in [0.4, 0.5) is 0 Å². The fraction of sp³-hybridized carbons (Fsp3) is 0.273. The number of carbonyl (C=O) groups is 1. The van der Waals surface area contributed by atoms with Crippen LogP contribution in [0.1, 0.15) is 34.9 Å². The highest BCUT2D eigenvalue weighted by molar-refractivity contribution is 7.19. The number of nitrogens with zero attached hydrogens (tertiary/aromatic N) is 1. The molecule has 5 heteroatoms. The van der Waals surface area contributed by atoms with E-state index in [1.807, 2.05) is 31.2 Å². The van der Waals surface area contributed by atoms with Crippen molar-refractivity contribution in [3.8, 4) is 11.8 Å². The van der Waals surface area contributed by atoms with Gasteiger partial charge in [0.1, 0.15) is 5.75 Å². The standard InChI is InChI=1S/C22H21NO3S/c1-2-17(22(25)26)9-16-7-14(10-19(24)11-16)3-5-20-12-18-8-15(13-23)4-6-21(18)27-20/h4,6-8,10-12,17,24H,2-3,5,9H2,1H3,(H,25,26)/p-1. The first-order valence-electron chi connectivity index (χ1n) is 8.93. The molecule has 3 rings (SSSR count). The van der Waals surface area contributed by atoms with Crippen molar-refractivity contribution in [2.45, 2.75) is 32.6 Å². The smallest absolute Gasteiger partial charge is 0.116 e. The number of thiophene rings is 1. The van der Waals surface area contributed by atoms with Crippen LogP contribution in [0, 0.1) is 17.2 Å². The third kappa shape index (κ3) is 4.66. The number of fused-ring (bicyclic) bond motifs is 1. The number of hydrogen-bond donors (Lipinski definition) is 1. The Kier molecular flexibility index (Phi) is 5.78. The van der Waals surface area contributed by atoms with Gasteiger partial charge in [0, 0.05) is 21.5 Å². The maximum Gasteiger partial charge on any atom is 0.116 e. The van der Waals surface area contributed by atoms with Gasteiger partial charge in [-0.15, -0.1) is 11.3 Å². The number of benzene rings is 2. The molecule has 1 atom stereocenters. The first-order valence-corrected chi connectivity index (χ1v) is 9.75. The third-order valence-electron chi connectivity index (χ3n) is 4.70. The lowest BCUT2D eigenvalue weighted by molar-refractivity contribution is -0.311. The van der Waals surface area contributed by atoms with Gasteiger partial charge in [-0.1, -0.05) is 13.0 Å². The molecule has 0 bridgehead atoms. The van der Waals surface area contributed by atoms with Crippen molar-refractivity contribution in [1.29, 1.82) is 5.26 Å². The van der Waals surface area contributed by atoms with Crippen molar-refractivity contribution in [3.05, 3.63) is 64.0 Å². The number of nitriles is 1. The van der Waals surface area contributed by atoms with Crippen molar-refractivity contribution in [2.24, 2.45) is 5.92 Å². The lowest BCUT2D eigenvalue weighted by Crippen LogP contribution is -2.32. The largest absolute Gasteiger partial charge is 0.550 e. The van der Waals surface area contributed by atoms with Gasteiger partial charge in [0.15, 0.2) is 0 Å². The normalized spacial score (nSPS) is 12.0. The van der Waals surface area contributed by atoms with E-state index in [0.29, 0.717) is 18.4 Å². The number of hydrogen-bond acceptors (Lipinski definition) is 5. The van der Waals surface area contributed by atoms with Gasteiger partial charge >= 0.3 is 0 Å². The second kappa shape index (κ2) is 8.24. The molecule has 0 saturated carbocycles. The molecule has 0 spiro atoms. The van der Waals surface area contributed by atoms with E-state index in [-0.39, 0.29) is 5.75 Å². The van der Waals surface area contributed by atoms with Crippen LogP contribution in [-0.2, 0) is 24.1 Å². The van der Waals surface area contributed by atoms with Crippen LogP contribution in [0.2, 0.25) is 0 Å². The Morgan fingerprint density at radius 3 is 2.67 bits per heavy atom. The molecule has 1 unspecified atom stereocenters. The Hall–Kier alpha value is -2.84. The van der Waals surface area contributed by atoms with Crippen molar-refractivity contribution in [2.75, 3.05) is 0 Å². The molecule has 2 aromatic carbocycles. The van der Waals surface area contributed by atoms with Crippen LogP contribution < -0.4 is 5.11 Å². The SMILES string of the molecule is CCC(Cc1cc(O)cc(CCc2cc3cc(C#N)ccc3s2)c1)C(=O)[O-]. The summed E-state index contributed by atoms with van der Waals surface area (Å²) in [5.41, 5.74) is 2.45. The fourth-order valence-corrected chi connectivity index (χ4v) is 4.29. The summed E-state index contributed by atoms with van der Waals surface area (Å²) in [6, 6.07) is 15.3. The van der Waals surface area contributed by atoms with Crippen LogP contribution in [0.25, 0.3) is 10.1 Å². The van der Waals surface area contributed by atoms with Gasteiger partial charge in [-0.05, 0) is 78.6 Å². The second-order valence-corrected chi connectivity index (χ2v) is 7.88. The topological polar surface area (TPSA) is 84.1 Å². The molecule has 4 nitrogen and oxygen atoms in total. The van der Waals surface area contributed by atoms with Crippen molar-refractivity contribution < 1.29 is 15.0 Å². The lowest BCUT2D eigenvalue weighted by Gasteiger charge is -2.16. The Balaban J connectivity index is 1.74. The van der Waals surface area contributed by atoms with E-state index in [2.05, 4.69) is 12.1 Å². The minimum absolute atomic E-state index is 0.158. The number of carbonyl (C=O) groups excluding carboxylic acids is 1. The minimum Gasteiger partial charge on any atom is -0.550 e. The lowest BCUT2D eigenvalue weighted by atomic mass is 9.95. The van der Waals surface area contributed by atoms with Gasteiger partial charge in [-0.3, -0.25) is 0 Å². The monoisotopic (exact) mass is 378 g/mol. The summed E-state index contributed by atoms with van der Waals surface area (Å²) < 4.78 is 1.15. The van der Waals surface area contributed by atoms with Gasteiger partial charge in [0.25, 0.3) is 0 Å². The summed E-state index contributed by atoms with van der Waals surface area (Å²) >= 11 is 1.70. The molecule has 0 fully saturated rings. The van der Waals surface area contributed by atoms with Gasteiger partial charge in [-0.25, -0.2) is 0 Å². The quantitative estimate of drug-likeness (QED) is 0.681. The van der Waals surface area contributed by atoms with E-state index in [1.54, 1.807) is 23.5 Å². The number of carboxylic acids is 1. The van der Waals surface area contributed by atoms with E-state index in [9.17, 15) is 15.0 Å². The average molecular weight is 378 g/mol. The second-order valence-electron chi connectivity index (χ2n) is 6.71. The molecule has 3 aromatic rings. The molecular formula is C22H20NO3S-. The molecule has 0 aliphatic carbocycles. The number of aryl methyl sites for hydroxylation is 2. The van der Waals surface area contributed by atoms with Gasteiger partial charge < -0.3 is 15.0 Å². The molecule has 27 heavy (non-hydrogen) atoms. The Morgan fingerprint density at radius 2 is 1.96 bits per heavy atom. The molecule has 1 heterocycles.